The number of nitrogens with one attached hydrogen (secondary N) is 2. The normalized spacial score (nSPS) is 10.9. The average Bonchev–Trinajstić information content (AvgIpc) is 3.21. The second kappa shape index (κ2) is 11.2. The molecular weight excluding hydrogens is 501 g/mol. The molecule has 1 aromatic heterocycles. The quantitative estimate of drug-likeness (QED) is 0.252. The molecule has 0 aliphatic rings. The van der Waals surface area contributed by atoms with Crippen molar-refractivity contribution in [3.8, 4) is 5.69 Å². The minimum Gasteiger partial charge on any atom is -0.331 e. The number of carbonyl (C=O) groups is 1. The van der Waals surface area contributed by atoms with Crippen LogP contribution in [0.3, 0.4) is 0 Å². The molecule has 4 aromatic rings. The van der Waals surface area contributed by atoms with Crippen LogP contribution in [0.4, 0.5) is 10.5 Å². The lowest BCUT2D eigenvalue weighted by Crippen LogP contribution is -2.30. The molecule has 3 aromatic carbocycles. The highest BCUT2D eigenvalue weighted by Gasteiger charge is 2.18. The number of benzene rings is 3. The van der Waals surface area contributed by atoms with Crippen molar-refractivity contribution < 1.29 is 4.79 Å². The summed E-state index contributed by atoms with van der Waals surface area (Å²) in [4.78, 5) is 12.7. The molecule has 0 bridgehead atoms. The lowest BCUT2D eigenvalue weighted by atomic mass is 10.1. The molecule has 6 nitrogen and oxygen atoms in total. The predicted molar refractivity (Wildman–Crippen MR) is 144 cm³/mol. The number of aromatic nitrogens is 3. The van der Waals surface area contributed by atoms with Crippen molar-refractivity contribution in [1.29, 1.82) is 0 Å². The fraction of sp³-hybridized carbons (Fsp3) is 0.192. The van der Waals surface area contributed by atoms with Crippen LogP contribution >= 0.6 is 35.0 Å². The van der Waals surface area contributed by atoms with E-state index in [9.17, 15) is 4.79 Å². The molecule has 2 N–H and O–H groups in total. The Morgan fingerprint density at radius 3 is 2.43 bits per heavy atom. The monoisotopic (exact) mass is 525 g/mol. The molecule has 35 heavy (non-hydrogen) atoms. The van der Waals surface area contributed by atoms with Gasteiger partial charge in [-0.05, 0) is 55.7 Å². The van der Waals surface area contributed by atoms with Gasteiger partial charge in [0.25, 0.3) is 0 Å². The molecule has 0 fully saturated rings. The topological polar surface area (TPSA) is 71.8 Å². The molecule has 0 atom stereocenters. The highest BCUT2D eigenvalue weighted by molar-refractivity contribution is 7.98. The van der Waals surface area contributed by atoms with Gasteiger partial charge in [0, 0.05) is 16.5 Å². The number of amides is 2. The van der Waals surface area contributed by atoms with Crippen LogP contribution in [-0.2, 0) is 12.3 Å². The Labute approximate surface area is 219 Å². The molecule has 0 radical (unpaired) electrons. The molecule has 4 rings (SSSR count). The first-order valence-corrected chi connectivity index (χ1v) is 12.7. The summed E-state index contributed by atoms with van der Waals surface area (Å²) in [6, 6.07) is 19.1. The van der Waals surface area contributed by atoms with Gasteiger partial charge in [0.15, 0.2) is 11.0 Å². The van der Waals surface area contributed by atoms with Gasteiger partial charge in [-0.25, -0.2) is 4.79 Å². The first-order valence-electron chi connectivity index (χ1n) is 11.0. The standard InChI is InChI=1S/C26H25Cl2N5OS/c1-16-6-4-9-19(12-16)15-35-26-32-31-23(33(26)22-11-10-20(27)13-21(22)28)14-29-25(34)30-24-17(2)7-5-8-18(24)3/h4-13H,14-15H2,1-3H3,(H2,29,30,34). The number of thioether (sulfide) groups is 1. The van der Waals surface area contributed by atoms with Crippen molar-refractivity contribution >= 4 is 46.7 Å². The van der Waals surface area contributed by atoms with E-state index in [0.717, 1.165) is 16.8 Å². The van der Waals surface area contributed by atoms with Crippen LogP contribution in [0.1, 0.15) is 28.1 Å². The van der Waals surface area contributed by atoms with Crippen molar-refractivity contribution in [2.24, 2.45) is 0 Å². The van der Waals surface area contributed by atoms with Crippen LogP contribution in [0.2, 0.25) is 10.0 Å². The lowest BCUT2D eigenvalue weighted by molar-refractivity contribution is 0.251. The van der Waals surface area contributed by atoms with Crippen LogP contribution in [-0.4, -0.2) is 20.8 Å². The second-order valence-electron chi connectivity index (χ2n) is 8.18. The van der Waals surface area contributed by atoms with E-state index in [1.807, 2.05) is 48.7 Å². The van der Waals surface area contributed by atoms with Crippen molar-refractivity contribution in [3.05, 3.63) is 98.8 Å². The van der Waals surface area contributed by atoms with Crippen molar-refractivity contribution in [1.82, 2.24) is 20.1 Å². The zero-order chi connectivity index (χ0) is 24.9. The largest absolute Gasteiger partial charge is 0.331 e. The van der Waals surface area contributed by atoms with Crippen molar-refractivity contribution in [3.63, 3.8) is 0 Å². The van der Waals surface area contributed by atoms with Gasteiger partial charge in [-0.1, -0.05) is 83.0 Å². The molecule has 180 valence electrons. The van der Waals surface area contributed by atoms with E-state index in [2.05, 4.69) is 46.0 Å². The third-order valence-corrected chi connectivity index (χ3v) is 6.97. The van der Waals surface area contributed by atoms with Gasteiger partial charge in [0.1, 0.15) is 0 Å². The molecule has 0 aliphatic heterocycles. The summed E-state index contributed by atoms with van der Waals surface area (Å²) in [6.07, 6.45) is 0. The SMILES string of the molecule is Cc1cccc(CSc2nnc(CNC(=O)Nc3c(C)cccc3C)n2-c2ccc(Cl)cc2Cl)c1. The fourth-order valence-corrected chi connectivity index (χ4v) is 5.09. The highest BCUT2D eigenvalue weighted by Crippen LogP contribution is 2.31. The molecule has 9 heteroatoms. The summed E-state index contributed by atoms with van der Waals surface area (Å²) in [5.74, 6) is 1.27. The molecule has 0 aliphatic carbocycles. The van der Waals surface area contributed by atoms with Gasteiger partial charge in [-0.2, -0.15) is 0 Å². The average molecular weight is 526 g/mol. The number of aryl methyl sites for hydroxylation is 3. The van der Waals surface area contributed by atoms with Crippen LogP contribution in [0.5, 0.6) is 0 Å². The van der Waals surface area contributed by atoms with Crippen LogP contribution < -0.4 is 10.6 Å². The Kier molecular flexibility index (Phi) is 8.00. The summed E-state index contributed by atoms with van der Waals surface area (Å²) >= 11 is 14.2. The fourth-order valence-electron chi connectivity index (χ4n) is 3.69. The zero-order valence-electron chi connectivity index (χ0n) is 19.6. The van der Waals surface area contributed by atoms with Gasteiger partial charge < -0.3 is 10.6 Å². The Bertz CT molecular complexity index is 1350. The number of anilines is 1. The predicted octanol–water partition coefficient (Wildman–Crippen LogP) is 7.11. The number of halogens is 2. The molecule has 2 amide bonds. The first-order chi connectivity index (χ1) is 16.8. The van der Waals surface area contributed by atoms with E-state index in [1.54, 1.807) is 23.9 Å². The lowest BCUT2D eigenvalue weighted by Gasteiger charge is -2.14. The minimum absolute atomic E-state index is 0.160. The molecule has 1 heterocycles. The number of carbonyl (C=O) groups excluding carboxylic acids is 1. The number of hydrogen-bond acceptors (Lipinski definition) is 4. The molecule has 0 saturated carbocycles. The van der Waals surface area contributed by atoms with Crippen LogP contribution in [0.25, 0.3) is 5.69 Å². The summed E-state index contributed by atoms with van der Waals surface area (Å²) in [7, 11) is 0. The Morgan fingerprint density at radius 2 is 1.71 bits per heavy atom. The Balaban J connectivity index is 1.57. The van der Waals surface area contributed by atoms with E-state index in [0.29, 0.717) is 32.5 Å². The molecule has 0 saturated heterocycles. The smallest absolute Gasteiger partial charge is 0.319 e. The summed E-state index contributed by atoms with van der Waals surface area (Å²) in [5.41, 5.74) is 5.85. The van der Waals surface area contributed by atoms with Gasteiger partial charge >= 0.3 is 6.03 Å². The summed E-state index contributed by atoms with van der Waals surface area (Å²) < 4.78 is 1.86. The number of hydrogen-bond donors (Lipinski definition) is 2. The number of rotatable bonds is 7. The zero-order valence-corrected chi connectivity index (χ0v) is 21.9. The molecular formula is C26H25Cl2N5OS. The van der Waals surface area contributed by atoms with Gasteiger partial charge in [-0.15, -0.1) is 10.2 Å². The number of nitrogens with zero attached hydrogens (tertiary/aromatic N) is 3. The maximum Gasteiger partial charge on any atom is 0.319 e. The van der Waals surface area contributed by atoms with E-state index in [4.69, 9.17) is 23.2 Å². The van der Waals surface area contributed by atoms with Gasteiger partial charge in [0.05, 0.1) is 17.3 Å². The summed E-state index contributed by atoms with van der Waals surface area (Å²) in [5, 5.41) is 16.2. The van der Waals surface area contributed by atoms with Crippen LogP contribution in [0, 0.1) is 20.8 Å². The van der Waals surface area contributed by atoms with Crippen molar-refractivity contribution in [2.45, 2.75) is 38.2 Å². The van der Waals surface area contributed by atoms with Crippen molar-refractivity contribution in [2.75, 3.05) is 5.32 Å². The maximum absolute atomic E-state index is 12.7. The van der Waals surface area contributed by atoms with E-state index in [-0.39, 0.29) is 12.6 Å². The third kappa shape index (κ3) is 6.17. The number of para-hydroxylation sites is 1. The minimum atomic E-state index is -0.326. The molecule has 0 spiro atoms. The third-order valence-electron chi connectivity index (χ3n) is 5.43. The van der Waals surface area contributed by atoms with Gasteiger partial charge in [0.2, 0.25) is 0 Å². The Hall–Kier alpha value is -3.00. The van der Waals surface area contributed by atoms with E-state index < -0.39 is 0 Å². The Morgan fingerprint density at radius 1 is 0.971 bits per heavy atom. The number of urea groups is 1. The van der Waals surface area contributed by atoms with E-state index >= 15 is 0 Å². The highest BCUT2D eigenvalue weighted by atomic mass is 35.5. The first kappa shape index (κ1) is 25.1. The molecule has 0 unspecified atom stereocenters. The second-order valence-corrected chi connectivity index (χ2v) is 9.97. The van der Waals surface area contributed by atoms with Gasteiger partial charge in [-0.3, -0.25) is 4.57 Å². The maximum atomic E-state index is 12.7. The summed E-state index contributed by atoms with van der Waals surface area (Å²) in [6.45, 7) is 6.14. The van der Waals surface area contributed by atoms with E-state index in [1.165, 1.54) is 11.1 Å². The van der Waals surface area contributed by atoms with Crippen LogP contribution in [0.15, 0.2) is 65.8 Å².